The number of nitrogen functional groups attached to an aromatic ring is 1. The van der Waals surface area contributed by atoms with Crippen molar-refractivity contribution in [3.05, 3.63) is 24.2 Å². The lowest BCUT2D eigenvalue weighted by molar-refractivity contribution is -0.110. The Morgan fingerprint density at radius 3 is 2.88 bits per heavy atom. The third-order valence-electron chi connectivity index (χ3n) is 4.27. The number of carbonyl (C=O) groups excluding carboxylic acids is 1. The Bertz CT molecular complexity index is 809. The van der Waals surface area contributed by atoms with E-state index in [1.165, 1.54) is 10.8 Å². The Balaban J connectivity index is 1.80. The Hall–Kier alpha value is -2.43. The summed E-state index contributed by atoms with van der Waals surface area (Å²) in [5.74, 6) is 0.279. The monoisotopic (exact) mass is 366 g/mol. The van der Waals surface area contributed by atoms with E-state index >= 15 is 0 Å². The third kappa shape index (κ3) is 3.18. The van der Waals surface area contributed by atoms with Crippen molar-refractivity contribution in [2.45, 2.75) is 50.8 Å². The molecule has 0 spiro atoms. The Morgan fingerprint density at radius 1 is 1.46 bits per heavy atom. The van der Waals surface area contributed by atoms with Crippen molar-refractivity contribution in [1.82, 2.24) is 14.6 Å². The van der Waals surface area contributed by atoms with Crippen molar-refractivity contribution in [3.8, 4) is 0 Å². The van der Waals surface area contributed by atoms with Crippen LogP contribution < -0.4 is 5.73 Å². The SMILES string of the molecule is CC(C)OC(=O)OC[C@@]1(C)O[C@@H](c2ccc3c(N)ncnn23)[C@H](O)[C@@H]1O. The van der Waals surface area contributed by atoms with Crippen LogP contribution in [0.25, 0.3) is 5.52 Å². The molecule has 1 fully saturated rings. The first kappa shape index (κ1) is 18.4. The molecule has 0 bridgehead atoms. The molecule has 10 nitrogen and oxygen atoms in total. The van der Waals surface area contributed by atoms with Crippen molar-refractivity contribution in [2.75, 3.05) is 12.3 Å². The van der Waals surface area contributed by atoms with Gasteiger partial charge in [-0.1, -0.05) is 0 Å². The molecule has 0 aromatic carbocycles. The summed E-state index contributed by atoms with van der Waals surface area (Å²) in [7, 11) is 0. The van der Waals surface area contributed by atoms with Crippen molar-refractivity contribution < 1.29 is 29.2 Å². The number of nitrogens with zero attached hydrogens (tertiary/aromatic N) is 3. The molecule has 142 valence electrons. The van der Waals surface area contributed by atoms with Crippen LogP contribution in [0.1, 0.15) is 32.6 Å². The second-order valence-electron chi connectivity index (χ2n) is 6.69. The molecule has 3 rings (SSSR count). The van der Waals surface area contributed by atoms with Gasteiger partial charge in [-0.2, -0.15) is 5.10 Å². The number of hydrogen-bond donors (Lipinski definition) is 3. The van der Waals surface area contributed by atoms with Gasteiger partial charge in [0, 0.05) is 0 Å². The van der Waals surface area contributed by atoms with Gasteiger partial charge in [-0.15, -0.1) is 0 Å². The standard InChI is InChI=1S/C16H22N4O6/c1-8(2)25-15(23)24-6-16(3)13(22)11(21)12(26-16)9-4-5-10-14(17)18-7-19-20(9)10/h4-5,7-8,11-13,21-22H,6H2,1-3H3,(H2,17,18,19)/t11-,12-,13-,16+/m0/s1. The van der Waals surface area contributed by atoms with Crippen molar-refractivity contribution in [3.63, 3.8) is 0 Å². The number of fused-ring (bicyclic) bond motifs is 1. The number of ether oxygens (including phenoxy) is 3. The first-order valence-electron chi connectivity index (χ1n) is 8.18. The summed E-state index contributed by atoms with van der Waals surface area (Å²) in [5.41, 5.74) is 5.54. The van der Waals surface area contributed by atoms with Gasteiger partial charge in [-0.05, 0) is 32.9 Å². The molecule has 4 atom stereocenters. The number of rotatable bonds is 4. The molecular formula is C16H22N4O6. The van der Waals surface area contributed by atoms with Gasteiger partial charge in [0.05, 0.1) is 11.8 Å². The lowest BCUT2D eigenvalue weighted by Gasteiger charge is -2.26. The molecule has 10 heteroatoms. The zero-order chi connectivity index (χ0) is 19.1. The third-order valence-corrected chi connectivity index (χ3v) is 4.27. The summed E-state index contributed by atoms with van der Waals surface area (Å²) in [5, 5.41) is 25.0. The number of carbonyl (C=O) groups is 1. The molecule has 0 unspecified atom stereocenters. The predicted molar refractivity (Wildman–Crippen MR) is 89.2 cm³/mol. The van der Waals surface area contributed by atoms with Crippen LogP contribution in [0.2, 0.25) is 0 Å². The van der Waals surface area contributed by atoms with Gasteiger partial charge in [0.2, 0.25) is 0 Å². The molecule has 3 heterocycles. The average Bonchev–Trinajstić information content (AvgIpc) is 3.09. The fourth-order valence-corrected chi connectivity index (χ4v) is 2.93. The van der Waals surface area contributed by atoms with Gasteiger partial charge in [0.15, 0.2) is 5.82 Å². The molecule has 1 aliphatic heterocycles. The van der Waals surface area contributed by atoms with Gasteiger partial charge in [-0.25, -0.2) is 14.3 Å². The second-order valence-corrected chi connectivity index (χ2v) is 6.69. The maximum absolute atomic E-state index is 11.6. The Morgan fingerprint density at radius 2 is 2.19 bits per heavy atom. The average molecular weight is 366 g/mol. The summed E-state index contributed by atoms with van der Waals surface area (Å²) >= 11 is 0. The number of aromatic nitrogens is 3. The van der Waals surface area contributed by atoms with Crippen LogP contribution in [0.5, 0.6) is 0 Å². The zero-order valence-electron chi connectivity index (χ0n) is 14.7. The van der Waals surface area contributed by atoms with Crippen molar-refractivity contribution >= 4 is 17.5 Å². The van der Waals surface area contributed by atoms with E-state index in [1.807, 2.05) is 0 Å². The van der Waals surface area contributed by atoms with Crippen molar-refractivity contribution in [2.24, 2.45) is 0 Å². The molecular weight excluding hydrogens is 344 g/mol. The van der Waals surface area contributed by atoms with Crippen LogP contribution in [-0.2, 0) is 14.2 Å². The molecule has 4 N–H and O–H groups in total. The first-order chi connectivity index (χ1) is 12.2. The zero-order valence-corrected chi connectivity index (χ0v) is 14.7. The summed E-state index contributed by atoms with van der Waals surface area (Å²) in [6, 6.07) is 3.37. The number of anilines is 1. The van der Waals surface area contributed by atoms with Gasteiger partial charge < -0.3 is 30.2 Å². The van der Waals surface area contributed by atoms with Crippen LogP contribution in [0.4, 0.5) is 10.6 Å². The predicted octanol–water partition coefficient (Wildman–Crippen LogP) is 0.425. The smallest absolute Gasteiger partial charge is 0.432 e. The minimum atomic E-state index is -1.32. The normalized spacial score (nSPS) is 28.6. The summed E-state index contributed by atoms with van der Waals surface area (Å²) in [4.78, 5) is 15.5. The highest BCUT2D eigenvalue weighted by molar-refractivity contribution is 5.65. The minimum Gasteiger partial charge on any atom is -0.432 e. The number of aliphatic hydroxyl groups is 2. The molecule has 2 aromatic heterocycles. The molecule has 0 saturated carbocycles. The lowest BCUT2D eigenvalue weighted by Crippen LogP contribution is -2.44. The molecule has 1 aliphatic rings. The van der Waals surface area contributed by atoms with E-state index in [0.717, 1.165) is 0 Å². The summed E-state index contributed by atoms with van der Waals surface area (Å²) in [6.07, 6.45) is -3.35. The van der Waals surface area contributed by atoms with E-state index in [4.69, 9.17) is 19.9 Å². The molecule has 26 heavy (non-hydrogen) atoms. The van der Waals surface area contributed by atoms with Gasteiger partial charge in [-0.3, -0.25) is 0 Å². The van der Waals surface area contributed by atoms with E-state index in [9.17, 15) is 15.0 Å². The first-order valence-corrected chi connectivity index (χ1v) is 8.18. The van der Waals surface area contributed by atoms with E-state index < -0.39 is 30.1 Å². The van der Waals surface area contributed by atoms with E-state index in [-0.39, 0.29) is 18.5 Å². The molecule has 2 aromatic rings. The van der Waals surface area contributed by atoms with Gasteiger partial charge in [0.1, 0.15) is 42.4 Å². The lowest BCUT2D eigenvalue weighted by atomic mass is 9.97. The Kier molecular flexibility index (Phi) is 4.74. The Labute approximate surface area is 149 Å². The quantitative estimate of drug-likeness (QED) is 0.656. The van der Waals surface area contributed by atoms with E-state index in [0.29, 0.717) is 11.2 Å². The summed E-state index contributed by atoms with van der Waals surface area (Å²) < 4.78 is 17.3. The van der Waals surface area contributed by atoms with Crippen molar-refractivity contribution in [1.29, 1.82) is 0 Å². The molecule has 0 aliphatic carbocycles. The second kappa shape index (κ2) is 6.71. The van der Waals surface area contributed by atoms with Crippen LogP contribution in [0.15, 0.2) is 18.5 Å². The fourth-order valence-electron chi connectivity index (χ4n) is 2.93. The highest BCUT2D eigenvalue weighted by atomic mass is 16.7. The topological polar surface area (TPSA) is 141 Å². The maximum atomic E-state index is 11.6. The minimum absolute atomic E-state index is 0.279. The number of hydrogen-bond acceptors (Lipinski definition) is 9. The van der Waals surface area contributed by atoms with Gasteiger partial charge >= 0.3 is 6.16 Å². The number of aliphatic hydroxyl groups excluding tert-OH is 2. The van der Waals surface area contributed by atoms with Crippen LogP contribution in [-0.4, -0.2) is 61.5 Å². The van der Waals surface area contributed by atoms with Crippen LogP contribution >= 0.6 is 0 Å². The van der Waals surface area contributed by atoms with Gasteiger partial charge in [0.25, 0.3) is 0 Å². The largest absolute Gasteiger partial charge is 0.508 e. The molecule has 0 radical (unpaired) electrons. The van der Waals surface area contributed by atoms with Crippen LogP contribution in [0, 0.1) is 0 Å². The highest BCUT2D eigenvalue weighted by Gasteiger charge is 2.53. The molecule has 1 saturated heterocycles. The molecule has 0 amide bonds. The van der Waals surface area contributed by atoms with E-state index in [2.05, 4.69) is 10.1 Å². The van der Waals surface area contributed by atoms with Crippen LogP contribution in [0.3, 0.4) is 0 Å². The number of nitrogens with two attached hydrogens (primary N) is 1. The maximum Gasteiger partial charge on any atom is 0.508 e. The summed E-state index contributed by atoms with van der Waals surface area (Å²) in [6.45, 7) is 4.64. The highest BCUT2D eigenvalue weighted by Crippen LogP contribution is 2.40. The fraction of sp³-hybridized carbons (Fsp3) is 0.562. The van der Waals surface area contributed by atoms with E-state index in [1.54, 1.807) is 32.9 Å².